The summed E-state index contributed by atoms with van der Waals surface area (Å²) in [6.45, 7) is 5.91. The smallest absolute Gasteiger partial charge is 0.244 e. The van der Waals surface area contributed by atoms with Gasteiger partial charge in [-0.1, -0.05) is 36.4 Å². The van der Waals surface area contributed by atoms with Gasteiger partial charge in [0.05, 0.1) is 18.5 Å². The third-order valence-electron chi connectivity index (χ3n) is 5.12. The summed E-state index contributed by atoms with van der Waals surface area (Å²) >= 11 is 0. The first-order valence-corrected chi connectivity index (χ1v) is 9.48. The van der Waals surface area contributed by atoms with E-state index in [0.717, 1.165) is 31.9 Å². The van der Waals surface area contributed by atoms with Gasteiger partial charge in [-0.15, -0.1) is 0 Å². The number of anilines is 2. The topological polar surface area (TPSA) is 50.6 Å². The van der Waals surface area contributed by atoms with E-state index in [9.17, 15) is 4.79 Å². The maximum Gasteiger partial charge on any atom is 0.244 e. The number of nitrogens with zero attached hydrogens (tertiary/aromatic N) is 4. The predicted molar refractivity (Wildman–Crippen MR) is 109 cm³/mol. The van der Waals surface area contributed by atoms with E-state index in [-0.39, 0.29) is 11.9 Å². The van der Waals surface area contributed by atoms with Crippen molar-refractivity contribution in [2.75, 3.05) is 42.5 Å². The Morgan fingerprint density at radius 3 is 2.22 bits per heavy atom. The first kappa shape index (κ1) is 18.9. The lowest BCUT2D eigenvalue weighted by atomic mass is 10.1. The minimum absolute atomic E-state index is 0.0598. The Labute approximate surface area is 161 Å². The second-order valence-corrected chi connectivity index (χ2v) is 6.77. The van der Waals surface area contributed by atoms with Crippen LogP contribution < -0.4 is 9.80 Å². The van der Waals surface area contributed by atoms with Gasteiger partial charge in [-0.3, -0.25) is 9.69 Å². The van der Waals surface area contributed by atoms with Crippen molar-refractivity contribution in [3.05, 3.63) is 60.7 Å². The average molecular weight is 362 g/mol. The van der Waals surface area contributed by atoms with Crippen LogP contribution >= 0.6 is 0 Å². The molecule has 1 aliphatic rings. The molecule has 0 saturated carbocycles. The number of hydrogen-bond acceptors (Lipinski definition) is 4. The SMILES string of the molecule is CC(C(=O)N(CCC#N)c1ccccc1)N1CCN(c2ccccc2)CC1. The van der Waals surface area contributed by atoms with E-state index in [0.29, 0.717) is 13.0 Å². The van der Waals surface area contributed by atoms with Gasteiger partial charge in [0.25, 0.3) is 0 Å². The molecule has 2 aromatic rings. The molecule has 2 aromatic carbocycles. The third kappa shape index (κ3) is 4.66. The first-order valence-electron chi connectivity index (χ1n) is 9.48. The zero-order chi connectivity index (χ0) is 19.1. The molecule has 5 heteroatoms. The fourth-order valence-electron chi connectivity index (χ4n) is 3.52. The van der Waals surface area contributed by atoms with E-state index in [4.69, 9.17) is 5.26 Å². The van der Waals surface area contributed by atoms with Crippen molar-refractivity contribution in [1.82, 2.24) is 4.90 Å². The number of amides is 1. The number of piperazine rings is 1. The van der Waals surface area contributed by atoms with Gasteiger partial charge in [0.1, 0.15) is 0 Å². The van der Waals surface area contributed by atoms with Crippen LogP contribution in [0.5, 0.6) is 0 Å². The molecule has 0 bridgehead atoms. The normalized spacial score (nSPS) is 15.8. The Morgan fingerprint density at radius 2 is 1.63 bits per heavy atom. The van der Waals surface area contributed by atoms with Gasteiger partial charge in [-0.05, 0) is 31.2 Å². The molecule has 3 rings (SSSR count). The second-order valence-electron chi connectivity index (χ2n) is 6.77. The summed E-state index contributed by atoms with van der Waals surface area (Å²) in [5, 5.41) is 8.96. The maximum atomic E-state index is 13.2. The van der Waals surface area contributed by atoms with E-state index < -0.39 is 0 Å². The number of rotatable bonds is 6. The lowest BCUT2D eigenvalue weighted by Crippen LogP contribution is -2.55. The quantitative estimate of drug-likeness (QED) is 0.792. The Bertz CT molecular complexity index is 764. The van der Waals surface area contributed by atoms with Crippen molar-refractivity contribution in [3.8, 4) is 6.07 Å². The minimum atomic E-state index is -0.207. The van der Waals surface area contributed by atoms with Gasteiger partial charge < -0.3 is 9.80 Å². The largest absolute Gasteiger partial charge is 0.369 e. The summed E-state index contributed by atoms with van der Waals surface area (Å²) in [5.41, 5.74) is 2.09. The van der Waals surface area contributed by atoms with E-state index in [2.05, 4.69) is 40.1 Å². The highest BCUT2D eigenvalue weighted by atomic mass is 16.2. The van der Waals surface area contributed by atoms with Crippen molar-refractivity contribution in [3.63, 3.8) is 0 Å². The molecule has 0 spiro atoms. The average Bonchev–Trinajstić information content (AvgIpc) is 2.75. The molecule has 1 aliphatic heterocycles. The van der Waals surface area contributed by atoms with Crippen LogP contribution in [-0.2, 0) is 4.79 Å². The first-order chi connectivity index (χ1) is 13.2. The number of hydrogen-bond donors (Lipinski definition) is 0. The monoisotopic (exact) mass is 362 g/mol. The molecular formula is C22H26N4O. The Morgan fingerprint density at radius 1 is 1.04 bits per heavy atom. The van der Waals surface area contributed by atoms with Crippen molar-refractivity contribution >= 4 is 17.3 Å². The molecule has 0 aromatic heterocycles. The Hall–Kier alpha value is -2.84. The molecule has 0 aliphatic carbocycles. The third-order valence-corrected chi connectivity index (χ3v) is 5.12. The molecule has 1 fully saturated rings. The van der Waals surface area contributed by atoms with Gasteiger partial charge in [0.15, 0.2) is 0 Å². The zero-order valence-corrected chi connectivity index (χ0v) is 15.8. The maximum absolute atomic E-state index is 13.2. The molecule has 0 N–H and O–H groups in total. The van der Waals surface area contributed by atoms with E-state index in [1.165, 1.54) is 5.69 Å². The summed E-state index contributed by atoms with van der Waals surface area (Å²) in [7, 11) is 0. The molecule has 27 heavy (non-hydrogen) atoms. The van der Waals surface area contributed by atoms with Crippen LogP contribution in [0.2, 0.25) is 0 Å². The molecular weight excluding hydrogens is 336 g/mol. The fourth-order valence-corrected chi connectivity index (χ4v) is 3.52. The summed E-state index contributed by atoms with van der Waals surface area (Å²) in [6.07, 6.45) is 0.329. The van der Waals surface area contributed by atoms with Crippen LogP contribution in [0, 0.1) is 11.3 Å². The molecule has 1 heterocycles. The zero-order valence-electron chi connectivity index (χ0n) is 15.8. The van der Waals surface area contributed by atoms with E-state index in [1.807, 2.05) is 43.3 Å². The molecule has 1 amide bonds. The van der Waals surface area contributed by atoms with Gasteiger partial charge >= 0.3 is 0 Å². The van der Waals surface area contributed by atoms with Gasteiger partial charge in [-0.2, -0.15) is 5.26 Å². The van der Waals surface area contributed by atoms with Crippen LogP contribution in [0.25, 0.3) is 0 Å². The molecule has 1 unspecified atom stereocenters. The van der Waals surface area contributed by atoms with Crippen molar-refractivity contribution in [2.45, 2.75) is 19.4 Å². The summed E-state index contributed by atoms with van der Waals surface area (Å²) in [4.78, 5) is 19.5. The standard InChI is InChI=1S/C22H26N4O/c1-19(22(27)26(14-8-13-23)21-11-6-3-7-12-21)24-15-17-25(18-16-24)20-9-4-2-5-10-20/h2-7,9-12,19H,8,14-18H2,1H3. The van der Waals surface area contributed by atoms with Crippen LogP contribution in [0.4, 0.5) is 11.4 Å². The lowest BCUT2D eigenvalue weighted by Gasteiger charge is -2.39. The second kappa shape index (κ2) is 9.20. The summed E-state index contributed by atoms with van der Waals surface area (Å²) in [5.74, 6) is 0.0598. The lowest BCUT2D eigenvalue weighted by molar-refractivity contribution is -0.123. The van der Waals surface area contributed by atoms with Crippen molar-refractivity contribution in [2.24, 2.45) is 0 Å². The molecule has 0 radical (unpaired) electrons. The van der Waals surface area contributed by atoms with Crippen molar-refractivity contribution in [1.29, 1.82) is 5.26 Å². The number of para-hydroxylation sites is 2. The Balaban J connectivity index is 1.64. The highest BCUT2D eigenvalue weighted by Gasteiger charge is 2.29. The van der Waals surface area contributed by atoms with Crippen LogP contribution in [-0.4, -0.2) is 49.6 Å². The van der Waals surface area contributed by atoms with Crippen LogP contribution in [0.15, 0.2) is 60.7 Å². The highest BCUT2D eigenvalue weighted by Crippen LogP contribution is 2.20. The van der Waals surface area contributed by atoms with Gasteiger partial charge in [0.2, 0.25) is 5.91 Å². The molecule has 1 saturated heterocycles. The summed E-state index contributed by atoms with van der Waals surface area (Å²) < 4.78 is 0. The van der Waals surface area contributed by atoms with E-state index >= 15 is 0 Å². The van der Waals surface area contributed by atoms with Gasteiger partial charge in [0, 0.05) is 44.1 Å². The minimum Gasteiger partial charge on any atom is -0.369 e. The summed E-state index contributed by atoms with van der Waals surface area (Å²) in [6, 6.07) is 22.0. The highest BCUT2D eigenvalue weighted by molar-refractivity contribution is 5.97. The van der Waals surface area contributed by atoms with Crippen molar-refractivity contribution < 1.29 is 4.79 Å². The molecule has 1 atom stereocenters. The fraction of sp³-hybridized carbons (Fsp3) is 0.364. The van der Waals surface area contributed by atoms with Gasteiger partial charge in [-0.25, -0.2) is 0 Å². The number of carbonyl (C=O) groups is 1. The van der Waals surface area contributed by atoms with E-state index in [1.54, 1.807) is 4.90 Å². The molecule has 5 nitrogen and oxygen atoms in total. The number of benzene rings is 2. The molecule has 140 valence electrons. The Kier molecular flexibility index (Phi) is 6.45. The van der Waals surface area contributed by atoms with Crippen LogP contribution in [0.3, 0.4) is 0 Å². The van der Waals surface area contributed by atoms with Crippen LogP contribution in [0.1, 0.15) is 13.3 Å². The number of carbonyl (C=O) groups excluding carboxylic acids is 1. The predicted octanol–water partition coefficient (Wildman–Crippen LogP) is 3.14. The number of nitriles is 1.